The topological polar surface area (TPSA) is 59.2 Å². The van der Waals surface area contributed by atoms with E-state index in [1.165, 1.54) is 4.90 Å². The highest BCUT2D eigenvalue weighted by atomic mass is 32.1. The van der Waals surface area contributed by atoms with Gasteiger partial charge in [-0.15, -0.1) is 0 Å². The summed E-state index contributed by atoms with van der Waals surface area (Å²) in [6.07, 6.45) is 1.61. The molecule has 1 aromatic rings. The van der Waals surface area contributed by atoms with Crippen LogP contribution < -0.4 is 5.73 Å². The smallest absolute Gasteiger partial charge is 0.254 e. The highest BCUT2D eigenvalue weighted by Crippen LogP contribution is 2.07. The number of hydrogen-bond donors (Lipinski definition) is 1. The minimum Gasteiger partial charge on any atom is -0.392 e. The maximum atomic E-state index is 12.0. The number of pyridine rings is 1. The minimum atomic E-state index is -0.254. The highest BCUT2D eigenvalue weighted by molar-refractivity contribution is 7.80. The van der Waals surface area contributed by atoms with E-state index in [4.69, 9.17) is 18.0 Å². The average Bonchev–Trinajstić information content (AvgIpc) is 2.26. The normalized spacial score (nSPS) is 11.9. The first-order chi connectivity index (χ1) is 7.43. The van der Waals surface area contributed by atoms with Crippen LogP contribution in [0.2, 0.25) is 0 Å². The Balaban J connectivity index is 2.90. The number of nitrogens with two attached hydrogens (primary N) is 1. The first-order valence-corrected chi connectivity index (χ1v) is 5.33. The average molecular weight is 237 g/mol. The zero-order valence-electron chi connectivity index (χ0n) is 9.60. The van der Waals surface area contributed by atoms with E-state index in [0.717, 1.165) is 5.69 Å². The molecule has 1 rings (SSSR count). The predicted molar refractivity (Wildman–Crippen MR) is 67.3 cm³/mol. The van der Waals surface area contributed by atoms with Gasteiger partial charge in [0, 0.05) is 24.5 Å². The standard InChI is InChI=1S/C11H15N3OS/c1-7-6-9(4-5-13-7)11(15)14(3)8(2)10(12)16/h4-6,8H,1-3H3,(H2,12,16). The molecular weight excluding hydrogens is 222 g/mol. The van der Waals surface area contributed by atoms with Crippen molar-refractivity contribution in [3.8, 4) is 0 Å². The Labute approximate surface area is 100 Å². The fourth-order valence-electron chi connectivity index (χ4n) is 1.25. The molecule has 0 radical (unpaired) electrons. The van der Waals surface area contributed by atoms with Gasteiger partial charge in [-0.3, -0.25) is 9.78 Å². The summed E-state index contributed by atoms with van der Waals surface area (Å²) in [5.41, 5.74) is 6.91. The van der Waals surface area contributed by atoms with Crippen molar-refractivity contribution in [2.24, 2.45) is 5.73 Å². The van der Waals surface area contributed by atoms with Gasteiger partial charge in [0.15, 0.2) is 0 Å². The second-order valence-corrected chi connectivity index (χ2v) is 4.15. The van der Waals surface area contributed by atoms with Crippen LogP contribution in [0.15, 0.2) is 18.3 Å². The molecule has 86 valence electrons. The van der Waals surface area contributed by atoms with Gasteiger partial charge in [-0.1, -0.05) is 12.2 Å². The lowest BCUT2D eigenvalue weighted by Gasteiger charge is -2.23. The lowest BCUT2D eigenvalue weighted by Crippen LogP contribution is -2.42. The number of rotatable bonds is 3. The molecular formula is C11H15N3OS. The van der Waals surface area contributed by atoms with E-state index >= 15 is 0 Å². The lowest BCUT2D eigenvalue weighted by atomic mass is 10.2. The molecule has 0 aliphatic carbocycles. The van der Waals surface area contributed by atoms with Crippen LogP contribution in [0.4, 0.5) is 0 Å². The Hall–Kier alpha value is -1.49. The first kappa shape index (κ1) is 12.6. The van der Waals surface area contributed by atoms with E-state index in [-0.39, 0.29) is 11.9 Å². The fourth-order valence-corrected chi connectivity index (χ4v) is 1.41. The Morgan fingerprint density at radius 1 is 1.62 bits per heavy atom. The molecule has 1 atom stereocenters. The van der Waals surface area contributed by atoms with Gasteiger partial charge in [0.05, 0.1) is 11.0 Å². The Kier molecular flexibility index (Phi) is 3.95. The maximum absolute atomic E-state index is 12.0. The molecule has 4 nitrogen and oxygen atoms in total. The van der Waals surface area contributed by atoms with Crippen LogP contribution in [0.5, 0.6) is 0 Å². The van der Waals surface area contributed by atoms with Gasteiger partial charge in [0.25, 0.3) is 5.91 Å². The van der Waals surface area contributed by atoms with Gasteiger partial charge < -0.3 is 10.6 Å². The number of carbonyl (C=O) groups is 1. The summed E-state index contributed by atoms with van der Waals surface area (Å²) in [6.45, 7) is 3.64. The molecule has 0 bridgehead atoms. The van der Waals surface area contributed by atoms with Crippen molar-refractivity contribution in [1.29, 1.82) is 0 Å². The first-order valence-electron chi connectivity index (χ1n) is 4.92. The van der Waals surface area contributed by atoms with E-state index in [1.807, 2.05) is 6.92 Å². The van der Waals surface area contributed by atoms with Gasteiger partial charge in [-0.25, -0.2) is 0 Å². The molecule has 1 aromatic heterocycles. The van der Waals surface area contributed by atoms with Gasteiger partial charge in [-0.2, -0.15) is 0 Å². The largest absolute Gasteiger partial charge is 0.392 e. The van der Waals surface area contributed by atoms with Crippen LogP contribution in [0, 0.1) is 6.92 Å². The van der Waals surface area contributed by atoms with E-state index in [9.17, 15) is 4.79 Å². The number of nitrogens with zero attached hydrogens (tertiary/aromatic N) is 2. The third-order valence-electron chi connectivity index (χ3n) is 2.46. The maximum Gasteiger partial charge on any atom is 0.254 e. The summed E-state index contributed by atoms with van der Waals surface area (Å²) in [5, 5.41) is 0. The Morgan fingerprint density at radius 2 is 2.25 bits per heavy atom. The predicted octanol–water partition coefficient (Wildman–Crippen LogP) is 1.14. The van der Waals surface area contributed by atoms with Crippen molar-refractivity contribution in [3.63, 3.8) is 0 Å². The van der Waals surface area contributed by atoms with Crippen LogP contribution in [0.25, 0.3) is 0 Å². The SMILES string of the molecule is Cc1cc(C(=O)N(C)C(C)C(N)=S)ccn1. The highest BCUT2D eigenvalue weighted by Gasteiger charge is 2.19. The molecule has 2 N–H and O–H groups in total. The zero-order chi connectivity index (χ0) is 12.3. The summed E-state index contributed by atoms with van der Waals surface area (Å²) in [4.78, 5) is 17.9. The minimum absolute atomic E-state index is 0.106. The van der Waals surface area contributed by atoms with E-state index in [1.54, 1.807) is 32.3 Å². The third-order valence-corrected chi connectivity index (χ3v) is 2.80. The van der Waals surface area contributed by atoms with Crippen LogP contribution in [0.1, 0.15) is 23.0 Å². The molecule has 1 amide bonds. The molecule has 0 saturated heterocycles. The molecule has 0 saturated carbocycles. The van der Waals surface area contributed by atoms with E-state index in [2.05, 4.69) is 4.98 Å². The molecule has 1 unspecified atom stereocenters. The van der Waals surface area contributed by atoms with Crippen LogP contribution in [-0.4, -0.2) is 33.9 Å². The van der Waals surface area contributed by atoms with Crippen molar-refractivity contribution in [1.82, 2.24) is 9.88 Å². The molecule has 0 aromatic carbocycles. The molecule has 5 heteroatoms. The Bertz CT molecular complexity index is 419. The summed E-state index contributed by atoms with van der Waals surface area (Å²) in [5.74, 6) is -0.106. The molecule has 0 fully saturated rings. The quantitative estimate of drug-likeness (QED) is 0.801. The lowest BCUT2D eigenvalue weighted by molar-refractivity contribution is 0.0778. The molecule has 1 heterocycles. The van der Waals surface area contributed by atoms with Gasteiger partial charge >= 0.3 is 0 Å². The second kappa shape index (κ2) is 5.03. The number of likely N-dealkylation sites (N-methyl/N-ethyl adjacent to an activating group) is 1. The van der Waals surface area contributed by atoms with Crippen molar-refractivity contribution < 1.29 is 4.79 Å². The summed E-state index contributed by atoms with van der Waals surface area (Å²) < 4.78 is 0. The van der Waals surface area contributed by atoms with Crippen molar-refractivity contribution in [3.05, 3.63) is 29.6 Å². The number of amides is 1. The van der Waals surface area contributed by atoms with Gasteiger partial charge in [0.2, 0.25) is 0 Å². The zero-order valence-corrected chi connectivity index (χ0v) is 10.4. The number of carbonyl (C=O) groups excluding carboxylic acids is 1. The second-order valence-electron chi connectivity index (χ2n) is 3.68. The number of aryl methyl sites for hydroxylation is 1. The summed E-state index contributed by atoms with van der Waals surface area (Å²) >= 11 is 4.86. The van der Waals surface area contributed by atoms with Gasteiger partial charge in [0.1, 0.15) is 0 Å². The monoisotopic (exact) mass is 237 g/mol. The number of aromatic nitrogens is 1. The van der Waals surface area contributed by atoms with E-state index < -0.39 is 0 Å². The Morgan fingerprint density at radius 3 is 2.75 bits per heavy atom. The third kappa shape index (κ3) is 2.76. The molecule has 16 heavy (non-hydrogen) atoms. The molecule has 0 aliphatic rings. The van der Waals surface area contributed by atoms with Crippen LogP contribution in [-0.2, 0) is 0 Å². The fraction of sp³-hybridized carbons (Fsp3) is 0.364. The van der Waals surface area contributed by atoms with E-state index in [0.29, 0.717) is 10.6 Å². The van der Waals surface area contributed by atoms with Crippen molar-refractivity contribution in [2.75, 3.05) is 7.05 Å². The van der Waals surface area contributed by atoms with Crippen molar-refractivity contribution in [2.45, 2.75) is 19.9 Å². The molecule has 0 spiro atoms. The summed E-state index contributed by atoms with van der Waals surface area (Å²) in [6, 6.07) is 3.17. The molecule has 0 aliphatic heterocycles. The van der Waals surface area contributed by atoms with Crippen molar-refractivity contribution >= 4 is 23.1 Å². The summed E-state index contributed by atoms with van der Waals surface area (Å²) in [7, 11) is 1.68. The van der Waals surface area contributed by atoms with Crippen LogP contribution in [0.3, 0.4) is 0 Å². The number of hydrogen-bond acceptors (Lipinski definition) is 3. The van der Waals surface area contributed by atoms with Crippen LogP contribution >= 0.6 is 12.2 Å². The number of thiocarbonyl (C=S) groups is 1. The van der Waals surface area contributed by atoms with Gasteiger partial charge in [-0.05, 0) is 26.0 Å².